The maximum absolute atomic E-state index is 12.8. The van der Waals surface area contributed by atoms with Crippen LogP contribution in [0.3, 0.4) is 0 Å². The van der Waals surface area contributed by atoms with Gasteiger partial charge in [-0.1, -0.05) is 11.3 Å². The summed E-state index contributed by atoms with van der Waals surface area (Å²) in [5.74, 6) is 0.558. The zero-order chi connectivity index (χ0) is 23.9. The molecule has 0 bridgehead atoms. The molecule has 1 saturated heterocycles. The van der Waals surface area contributed by atoms with Gasteiger partial charge >= 0.3 is 0 Å². The van der Waals surface area contributed by atoms with Gasteiger partial charge in [-0.15, -0.1) is 5.10 Å². The first kappa shape index (κ1) is 21.3. The summed E-state index contributed by atoms with van der Waals surface area (Å²) in [5, 5.41) is 12.9. The molecule has 9 heteroatoms. The SMILES string of the molecule is COc1ccc(-c2ccc3[nH]c(=O)c4nnn(-c5ccc(N6CCNCC6)c(C)c5)c4c3c2)cn1. The van der Waals surface area contributed by atoms with E-state index >= 15 is 0 Å². The van der Waals surface area contributed by atoms with E-state index in [2.05, 4.69) is 49.6 Å². The minimum Gasteiger partial charge on any atom is -0.481 e. The van der Waals surface area contributed by atoms with E-state index in [-0.39, 0.29) is 5.56 Å². The third-order valence-electron chi connectivity index (χ3n) is 6.57. The van der Waals surface area contributed by atoms with Crippen molar-refractivity contribution < 1.29 is 4.74 Å². The fraction of sp³-hybridized carbons (Fsp3) is 0.231. The van der Waals surface area contributed by atoms with Gasteiger partial charge in [0.25, 0.3) is 5.56 Å². The Morgan fingerprint density at radius 3 is 2.57 bits per heavy atom. The standard InChI is InChI=1S/C26H25N7O2/c1-16-13-19(5-7-22(16)32-11-9-27-10-12-32)33-25-20-14-17(18-4-8-23(35-2)28-15-18)3-6-21(20)29-26(34)24(25)30-31-33/h3-8,13-15,27H,9-12H2,1-2H3,(H,29,34). The summed E-state index contributed by atoms with van der Waals surface area (Å²) < 4.78 is 6.94. The molecule has 9 nitrogen and oxygen atoms in total. The lowest BCUT2D eigenvalue weighted by Gasteiger charge is -2.30. The first-order valence-electron chi connectivity index (χ1n) is 11.6. The Morgan fingerprint density at radius 2 is 1.83 bits per heavy atom. The molecule has 0 saturated carbocycles. The van der Waals surface area contributed by atoms with Gasteiger partial charge in [-0.2, -0.15) is 0 Å². The van der Waals surface area contributed by atoms with Gasteiger partial charge in [0.15, 0.2) is 5.52 Å². The van der Waals surface area contributed by atoms with Crippen LogP contribution in [0, 0.1) is 6.92 Å². The van der Waals surface area contributed by atoms with Crippen LogP contribution in [0.1, 0.15) is 5.56 Å². The van der Waals surface area contributed by atoms with Crippen LogP contribution in [0.2, 0.25) is 0 Å². The van der Waals surface area contributed by atoms with E-state index < -0.39 is 0 Å². The van der Waals surface area contributed by atoms with E-state index in [0.29, 0.717) is 16.9 Å². The first-order valence-corrected chi connectivity index (χ1v) is 11.6. The molecule has 0 spiro atoms. The lowest BCUT2D eigenvalue weighted by atomic mass is 10.0. The van der Waals surface area contributed by atoms with Crippen molar-refractivity contribution in [3.8, 4) is 22.7 Å². The third-order valence-corrected chi connectivity index (χ3v) is 6.57. The molecule has 176 valence electrons. The van der Waals surface area contributed by atoms with Crippen LogP contribution < -0.4 is 20.5 Å². The number of benzene rings is 2. The lowest BCUT2D eigenvalue weighted by Crippen LogP contribution is -2.43. The Bertz CT molecular complexity index is 1600. The molecule has 35 heavy (non-hydrogen) atoms. The topological polar surface area (TPSA) is 101 Å². The van der Waals surface area contributed by atoms with Crippen LogP contribution in [-0.4, -0.2) is 58.3 Å². The van der Waals surface area contributed by atoms with Gasteiger partial charge in [-0.3, -0.25) is 4.79 Å². The largest absolute Gasteiger partial charge is 0.481 e. The first-order chi connectivity index (χ1) is 17.1. The van der Waals surface area contributed by atoms with Crippen molar-refractivity contribution in [1.82, 2.24) is 30.3 Å². The van der Waals surface area contributed by atoms with Crippen LogP contribution in [0.15, 0.2) is 59.5 Å². The van der Waals surface area contributed by atoms with Crippen molar-refractivity contribution in [2.24, 2.45) is 0 Å². The average molecular weight is 468 g/mol. The fourth-order valence-corrected chi connectivity index (χ4v) is 4.77. The second-order valence-corrected chi connectivity index (χ2v) is 8.71. The van der Waals surface area contributed by atoms with Crippen molar-refractivity contribution in [3.63, 3.8) is 0 Å². The predicted octanol–water partition coefficient (Wildman–Crippen LogP) is 3.05. The number of aryl methyl sites for hydroxylation is 1. The Balaban J connectivity index is 1.50. The maximum Gasteiger partial charge on any atom is 0.278 e. The number of H-pyrrole nitrogens is 1. The third kappa shape index (κ3) is 3.70. The van der Waals surface area contributed by atoms with Gasteiger partial charge in [0, 0.05) is 55.1 Å². The molecule has 0 radical (unpaired) electrons. The highest BCUT2D eigenvalue weighted by atomic mass is 16.5. The minimum absolute atomic E-state index is 0.258. The van der Waals surface area contributed by atoms with E-state index in [1.165, 1.54) is 5.69 Å². The number of hydrogen-bond donors (Lipinski definition) is 2. The number of piperazine rings is 1. The van der Waals surface area contributed by atoms with Crippen molar-refractivity contribution in [1.29, 1.82) is 0 Å². The molecule has 0 atom stereocenters. The second kappa shape index (κ2) is 8.52. The number of ether oxygens (including phenoxy) is 1. The smallest absolute Gasteiger partial charge is 0.278 e. The summed E-state index contributed by atoms with van der Waals surface area (Å²) >= 11 is 0. The van der Waals surface area contributed by atoms with Crippen LogP contribution >= 0.6 is 0 Å². The highest BCUT2D eigenvalue weighted by molar-refractivity contribution is 6.04. The summed E-state index contributed by atoms with van der Waals surface area (Å²) in [6, 6.07) is 16.0. The van der Waals surface area contributed by atoms with E-state index in [4.69, 9.17) is 4.74 Å². The van der Waals surface area contributed by atoms with E-state index in [0.717, 1.165) is 59.5 Å². The minimum atomic E-state index is -0.258. The summed E-state index contributed by atoms with van der Waals surface area (Å²) in [4.78, 5) is 22.4. The molecule has 1 fully saturated rings. The number of aromatic nitrogens is 5. The van der Waals surface area contributed by atoms with E-state index in [1.54, 1.807) is 18.0 Å². The number of pyridine rings is 2. The van der Waals surface area contributed by atoms with Crippen LogP contribution in [0.5, 0.6) is 5.88 Å². The van der Waals surface area contributed by atoms with Crippen molar-refractivity contribution in [2.75, 3.05) is 38.2 Å². The quantitative estimate of drug-likeness (QED) is 0.419. The Labute approximate surface area is 201 Å². The average Bonchev–Trinajstić information content (AvgIpc) is 3.35. The molecule has 2 aromatic carbocycles. The van der Waals surface area contributed by atoms with Crippen molar-refractivity contribution >= 4 is 27.6 Å². The van der Waals surface area contributed by atoms with Crippen LogP contribution in [-0.2, 0) is 0 Å². The van der Waals surface area contributed by atoms with Gasteiger partial charge in [0.1, 0.15) is 5.52 Å². The molecular formula is C26H25N7O2. The molecule has 3 aromatic heterocycles. The van der Waals surface area contributed by atoms with Gasteiger partial charge in [-0.05, 0) is 54.4 Å². The number of fused-ring (bicyclic) bond motifs is 3. The summed E-state index contributed by atoms with van der Waals surface area (Å²) in [6.07, 6.45) is 1.77. The molecule has 4 heterocycles. The monoisotopic (exact) mass is 467 g/mol. The van der Waals surface area contributed by atoms with E-state index in [1.807, 2.05) is 36.4 Å². The van der Waals surface area contributed by atoms with Gasteiger partial charge in [0.2, 0.25) is 5.88 Å². The predicted molar refractivity (Wildman–Crippen MR) is 137 cm³/mol. The van der Waals surface area contributed by atoms with Crippen LogP contribution in [0.25, 0.3) is 38.8 Å². The molecule has 1 aliphatic heterocycles. The fourth-order valence-electron chi connectivity index (χ4n) is 4.77. The van der Waals surface area contributed by atoms with Crippen LogP contribution in [0.4, 0.5) is 5.69 Å². The molecule has 2 N–H and O–H groups in total. The number of nitrogens with zero attached hydrogens (tertiary/aromatic N) is 5. The molecule has 0 aliphatic carbocycles. The van der Waals surface area contributed by atoms with Gasteiger partial charge in [0.05, 0.1) is 18.3 Å². The maximum atomic E-state index is 12.8. The Morgan fingerprint density at radius 1 is 1.00 bits per heavy atom. The molecule has 1 aliphatic rings. The van der Waals surface area contributed by atoms with Crippen molar-refractivity contribution in [3.05, 3.63) is 70.6 Å². The van der Waals surface area contributed by atoms with Gasteiger partial charge < -0.3 is 19.9 Å². The van der Waals surface area contributed by atoms with E-state index in [9.17, 15) is 4.79 Å². The number of nitrogens with one attached hydrogen (secondary N) is 2. The number of rotatable bonds is 4. The zero-order valence-corrected chi connectivity index (χ0v) is 19.6. The molecular weight excluding hydrogens is 442 g/mol. The summed E-state index contributed by atoms with van der Waals surface area (Å²) in [5.41, 5.74) is 6.63. The highest BCUT2D eigenvalue weighted by Crippen LogP contribution is 2.30. The summed E-state index contributed by atoms with van der Waals surface area (Å²) in [7, 11) is 1.59. The second-order valence-electron chi connectivity index (χ2n) is 8.71. The highest BCUT2D eigenvalue weighted by Gasteiger charge is 2.17. The Hall–Kier alpha value is -4.24. The lowest BCUT2D eigenvalue weighted by molar-refractivity contribution is 0.398. The number of methoxy groups -OCH3 is 1. The van der Waals surface area contributed by atoms with Crippen molar-refractivity contribution in [2.45, 2.75) is 6.92 Å². The molecule has 0 unspecified atom stereocenters. The van der Waals surface area contributed by atoms with Gasteiger partial charge in [-0.25, -0.2) is 9.67 Å². The normalized spacial score (nSPS) is 14.1. The molecule has 6 rings (SSSR count). The molecule has 5 aromatic rings. The number of hydrogen-bond acceptors (Lipinski definition) is 7. The zero-order valence-electron chi connectivity index (χ0n) is 19.6. The molecule has 0 amide bonds. The number of aromatic amines is 1. The number of anilines is 1. The summed E-state index contributed by atoms with van der Waals surface area (Å²) in [6.45, 7) is 6.04. The Kier molecular flexibility index (Phi) is 5.18.